The third-order valence-electron chi connectivity index (χ3n) is 1.81. The molecule has 78 valence electrons. The molecule has 0 amide bonds. The van der Waals surface area contributed by atoms with E-state index in [-0.39, 0.29) is 5.82 Å². The summed E-state index contributed by atoms with van der Waals surface area (Å²) in [5.41, 5.74) is 0.375. The van der Waals surface area contributed by atoms with Crippen LogP contribution in [0.4, 0.5) is 4.39 Å². The van der Waals surface area contributed by atoms with Crippen molar-refractivity contribution < 1.29 is 9.13 Å². The first kappa shape index (κ1) is 10.7. The molecule has 0 atom stereocenters. The van der Waals surface area contributed by atoms with Crippen LogP contribution in [0.15, 0.2) is 18.2 Å². The highest BCUT2D eigenvalue weighted by atomic mass is 127. The summed E-state index contributed by atoms with van der Waals surface area (Å²) in [5, 5.41) is 0.536. The van der Waals surface area contributed by atoms with Crippen molar-refractivity contribution in [3.63, 3.8) is 0 Å². The molecule has 1 heterocycles. The number of benzene rings is 1. The van der Waals surface area contributed by atoms with Gasteiger partial charge in [-0.3, -0.25) is 0 Å². The van der Waals surface area contributed by atoms with Crippen LogP contribution in [0.2, 0.25) is 0 Å². The van der Waals surface area contributed by atoms with Gasteiger partial charge in [-0.25, -0.2) is 9.37 Å². The van der Waals surface area contributed by atoms with Crippen molar-refractivity contribution in [2.24, 2.45) is 0 Å². The fourth-order valence-corrected chi connectivity index (χ4v) is 2.51. The Morgan fingerprint density at radius 2 is 2.27 bits per heavy atom. The van der Waals surface area contributed by atoms with E-state index in [1.54, 1.807) is 12.1 Å². The average Bonchev–Trinajstić information content (AvgIpc) is 2.64. The smallest absolute Gasteiger partial charge is 0.203 e. The van der Waals surface area contributed by atoms with Crippen molar-refractivity contribution in [3.8, 4) is 16.3 Å². The van der Waals surface area contributed by atoms with Gasteiger partial charge in [-0.15, -0.1) is 0 Å². The third kappa shape index (κ3) is 2.10. The molecule has 0 spiro atoms. The normalized spacial score (nSPS) is 10.3. The molecule has 0 unspecified atom stereocenters. The summed E-state index contributed by atoms with van der Waals surface area (Å²) in [7, 11) is 1.50. The molecule has 15 heavy (non-hydrogen) atoms. The first-order chi connectivity index (χ1) is 7.22. The van der Waals surface area contributed by atoms with Gasteiger partial charge in [-0.1, -0.05) is 6.07 Å². The molecule has 0 fully saturated rings. The lowest BCUT2D eigenvalue weighted by Gasteiger charge is -2.05. The molecule has 3 nitrogen and oxygen atoms in total. The number of ether oxygens (including phenoxy) is 1. The highest BCUT2D eigenvalue weighted by molar-refractivity contribution is 14.1. The van der Waals surface area contributed by atoms with Crippen LogP contribution < -0.4 is 4.74 Å². The predicted molar refractivity (Wildman–Crippen MR) is 64.6 cm³/mol. The minimum atomic E-state index is -0.345. The lowest BCUT2D eigenvalue weighted by molar-refractivity contribution is 0.413. The Labute approximate surface area is 104 Å². The summed E-state index contributed by atoms with van der Waals surface area (Å²) in [5.74, 6) is 0.129. The molecular formula is C9H6FIN2OS. The second kappa shape index (κ2) is 4.40. The number of halogens is 2. The maximum atomic E-state index is 13.6. The quantitative estimate of drug-likeness (QED) is 0.791. The Bertz CT molecular complexity index is 489. The third-order valence-corrected chi connectivity index (χ3v) is 3.35. The highest BCUT2D eigenvalue weighted by Crippen LogP contribution is 2.33. The fraction of sp³-hybridized carbons (Fsp3) is 0.111. The van der Waals surface area contributed by atoms with E-state index in [1.807, 2.05) is 22.6 Å². The second-order valence-electron chi connectivity index (χ2n) is 2.69. The van der Waals surface area contributed by atoms with Crippen LogP contribution >= 0.6 is 34.1 Å². The van der Waals surface area contributed by atoms with E-state index in [4.69, 9.17) is 4.74 Å². The van der Waals surface area contributed by atoms with E-state index in [1.165, 1.54) is 13.2 Å². The Balaban J connectivity index is 2.60. The van der Waals surface area contributed by atoms with Crippen LogP contribution in [0.1, 0.15) is 0 Å². The zero-order chi connectivity index (χ0) is 10.8. The molecule has 2 rings (SSSR count). The molecule has 0 saturated carbocycles. The molecule has 2 aromatic rings. The van der Waals surface area contributed by atoms with Gasteiger partial charge in [0, 0.05) is 22.6 Å². The Kier molecular flexibility index (Phi) is 3.15. The number of hydrogen-bond acceptors (Lipinski definition) is 4. The number of nitrogens with zero attached hydrogens (tertiary/aromatic N) is 2. The molecule has 0 aliphatic heterocycles. The summed E-state index contributed by atoms with van der Waals surface area (Å²) < 4.78 is 23.3. The predicted octanol–water partition coefficient (Wildman–Crippen LogP) is 2.96. The van der Waals surface area contributed by atoms with Crippen LogP contribution in [0.5, 0.6) is 5.75 Å². The zero-order valence-corrected chi connectivity index (χ0v) is 10.7. The van der Waals surface area contributed by atoms with Crippen LogP contribution in [-0.4, -0.2) is 16.5 Å². The minimum absolute atomic E-state index is 0.345. The standard InChI is InChI=1S/C9H6FIN2OS/c1-14-6-4-2-3-5(10)7(6)8-12-9(11)13-15-8/h2-4H,1H3. The van der Waals surface area contributed by atoms with Crippen molar-refractivity contribution in [3.05, 3.63) is 27.8 Å². The van der Waals surface area contributed by atoms with Crippen LogP contribution in [-0.2, 0) is 0 Å². The van der Waals surface area contributed by atoms with Crippen molar-refractivity contribution in [1.29, 1.82) is 0 Å². The Morgan fingerprint density at radius 3 is 2.87 bits per heavy atom. The second-order valence-corrected chi connectivity index (χ2v) is 4.40. The lowest BCUT2D eigenvalue weighted by atomic mass is 10.2. The van der Waals surface area contributed by atoms with Gasteiger partial charge in [-0.05, 0) is 23.7 Å². The van der Waals surface area contributed by atoms with Crippen LogP contribution in [0.3, 0.4) is 0 Å². The zero-order valence-electron chi connectivity index (χ0n) is 7.70. The summed E-state index contributed by atoms with van der Waals surface area (Å²) >= 11 is 3.15. The summed E-state index contributed by atoms with van der Waals surface area (Å²) in [6.45, 7) is 0. The molecule has 0 aliphatic rings. The Morgan fingerprint density at radius 1 is 1.47 bits per heavy atom. The summed E-state index contributed by atoms with van der Waals surface area (Å²) in [6.07, 6.45) is 0. The SMILES string of the molecule is COc1cccc(F)c1-c1nc(I)ns1. The summed E-state index contributed by atoms with van der Waals surface area (Å²) in [6, 6.07) is 4.68. The molecule has 1 aromatic heterocycles. The average molecular weight is 336 g/mol. The topological polar surface area (TPSA) is 35.0 Å². The van der Waals surface area contributed by atoms with Gasteiger partial charge >= 0.3 is 0 Å². The molecular weight excluding hydrogens is 330 g/mol. The van der Waals surface area contributed by atoms with E-state index in [0.717, 1.165) is 11.5 Å². The van der Waals surface area contributed by atoms with E-state index >= 15 is 0 Å². The molecule has 0 N–H and O–H groups in total. The maximum Gasteiger partial charge on any atom is 0.203 e. The van der Waals surface area contributed by atoms with Crippen molar-refractivity contribution in [2.75, 3.05) is 7.11 Å². The van der Waals surface area contributed by atoms with Gasteiger partial charge < -0.3 is 4.74 Å². The van der Waals surface area contributed by atoms with Crippen molar-refractivity contribution in [2.45, 2.75) is 0 Å². The molecule has 0 radical (unpaired) electrons. The number of rotatable bonds is 2. The number of hydrogen-bond donors (Lipinski definition) is 0. The largest absolute Gasteiger partial charge is 0.496 e. The Hall–Kier alpha value is -0.760. The first-order valence-electron chi connectivity index (χ1n) is 4.04. The van der Waals surface area contributed by atoms with Crippen molar-refractivity contribution >= 4 is 34.1 Å². The fourth-order valence-electron chi connectivity index (χ4n) is 1.19. The van der Waals surface area contributed by atoms with Crippen LogP contribution in [0, 0.1) is 9.65 Å². The van der Waals surface area contributed by atoms with Crippen molar-refractivity contribution in [1.82, 2.24) is 9.36 Å². The van der Waals surface area contributed by atoms with Gasteiger partial charge in [0.15, 0.2) is 5.01 Å². The minimum Gasteiger partial charge on any atom is -0.496 e. The van der Waals surface area contributed by atoms with E-state index in [0.29, 0.717) is 20.2 Å². The monoisotopic (exact) mass is 336 g/mol. The van der Waals surface area contributed by atoms with E-state index < -0.39 is 0 Å². The molecule has 1 aromatic carbocycles. The molecule has 0 bridgehead atoms. The first-order valence-corrected chi connectivity index (χ1v) is 5.89. The molecule has 0 aliphatic carbocycles. The van der Waals surface area contributed by atoms with Gasteiger partial charge in [0.25, 0.3) is 0 Å². The van der Waals surface area contributed by atoms with Gasteiger partial charge in [0.1, 0.15) is 11.6 Å². The van der Waals surface area contributed by atoms with E-state index in [2.05, 4.69) is 9.36 Å². The van der Waals surface area contributed by atoms with Gasteiger partial charge in [-0.2, -0.15) is 4.37 Å². The van der Waals surface area contributed by atoms with Crippen LogP contribution in [0.25, 0.3) is 10.6 Å². The lowest BCUT2D eigenvalue weighted by Crippen LogP contribution is -1.91. The van der Waals surface area contributed by atoms with Gasteiger partial charge in [0.2, 0.25) is 3.83 Å². The molecule has 6 heteroatoms. The number of aromatic nitrogens is 2. The highest BCUT2D eigenvalue weighted by Gasteiger charge is 2.15. The maximum absolute atomic E-state index is 13.6. The summed E-state index contributed by atoms with van der Waals surface area (Å²) in [4.78, 5) is 4.12. The molecule has 0 saturated heterocycles. The number of methoxy groups -OCH3 is 1. The van der Waals surface area contributed by atoms with E-state index in [9.17, 15) is 4.39 Å². The van der Waals surface area contributed by atoms with Gasteiger partial charge in [0.05, 0.1) is 12.7 Å².